The van der Waals surface area contributed by atoms with E-state index in [1.54, 1.807) is 0 Å². The second kappa shape index (κ2) is 24.6. The molecule has 0 aromatic heterocycles. The van der Waals surface area contributed by atoms with Gasteiger partial charge in [0.2, 0.25) is 11.8 Å². The van der Waals surface area contributed by atoms with Gasteiger partial charge in [-0.05, 0) is 12.8 Å². The van der Waals surface area contributed by atoms with Gasteiger partial charge in [-0.3, -0.25) is 9.59 Å². The number of likely N-dealkylation sites (N-methyl/N-ethyl adjacent to an activating group) is 1. The van der Waals surface area contributed by atoms with Crippen LogP contribution in [0, 0.1) is 0 Å². The maximum atomic E-state index is 12.1. The van der Waals surface area contributed by atoms with Crippen LogP contribution in [0.5, 0.6) is 0 Å². The fraction of sp³-hybridized carbons (Fsp3) is 0.933. The maximum absolute atomic E-state index is 12.1. The minimum Gasteiger partial charge on any atom is -0.350 e. The first-order valence-electron chi connectivity index (χ1n) is 15.3. The molecule has 0 unspecified atom stereocenters. The number of hydrogen-bond donors (Lipinski definition) is 2. The Hall–Kier alpha value is -1.10. The number of nitrogens with one attached hydrogen (secondary N) is 2. The van der Waals surface area contributed by atoms with Gasteiger partial charge < -0.3 is 15.1 Å². The van der Waals surface area contributed by atoms with E-state index in [0.29, 0.717) is 25.9 Å². The molecule has 0 aliphatic heterocycles. The highest BCUT2D eigenvalue weighted by Crippen LogP contribution is 2.11. The molecular formula is C30H62N3O2+. The summed E-state index contributed by atoms with van der Waals surface area (Å²) in [6.07, 6.45) is 24.3. The largest absolute Gasteiger partial charge is 0.350 e. The molecule has 2 N–H and O–H groups in total. The van der Waals surface area contributed by atoms with Gasteiger partial charge in [-0.2, -0.15) is 0 Å². The van der Waals surface area contributed by atoms with Crippen molar-refractivity contribution >= 4 is 11.8 Å². The van der Waals surface area contributed by atoms with Crippen molar-refractivity contribution in [1.29, 1.82) is 0 Å². The third kappa shape index (κ3) is 25.8. The van der Waals surface area contributed by atoms with Crippen LogP contribution < -0.4 is 10.6 Å². The standard InChI is InChI=1S/C30H61N3O2/c1-5-7-9-11-13-15-17-19-21-23-29(34)31-25-27-33(3,4)28-26-32-30(35)24-22-20-18-16-14-12-10-8-6-2/h5-28H2,1-4H3,(H-,31,32,34,35)/p+1. The number of quaternary nitrogens is 1. The molecule has 0 fully saturated rings. The summed E-state index contributed by atoms with van der Waals surface area (Å²) < 4.78 is 0.802. The Balaban J connectivity index is 3.57. The number of rotatable bonds is 26. The van der Waals surface area contributed by atoms with Crippen molar-refractivity contribution in [3.8, 4) is 0 Å². The van der Waals surface area contributed by atoms with Gasteiger partial charge in [0.05, 0.1) is 40.3 Å². The molecule has 0 aliphatic carbocycles. The molecule has 0 atom stereocenters. The maximum Gasteiger partial charge on any atom is 0.220 e. The zero-order chi connectivity index (χ0) is 26.0. The van der Waals surface area contributed by atoms with Crippen LogP contribution in [0.1, 0.15) is 142 Å². The van der Waals surface area contributed by atoms with E-state index in [2.05, 4.69) is 38.6 Å². The van der Waals surface area contributed by atoms with Crippen LogP contribution in [-0.4, -0.2) is 56.6 Å². The summed E-state index contributed by atoms with van der Waals surface area (Å²) >= 11 is 0. The Morgan fingerprint density at radius 1 is 0.486 bits per heavy atom. The summed E-state index contributed by atoms with van der Waals surface area (Å²) in [7, 11) is 4.33. The lowest BCUT2D eigenvalue weighted by atomic mass is 10.1. The molecule has 5 heteroatoms. The summed E-state index contributed by atoms with van der Waals surface area (Å²) in [5.74, 6) is 0.365. The summed E-state index contributed by atoms with van der Waals surface area (Å²) in [5.41, 5.74) is 0. The third-order valence-corrected chi connectivity index (χ3v) is 7.09. The molecule has 0 bridgehead atoms. The Morgan fingerprint density at radius 3 is 1.09 bits per heavy atom. The molecule has 2 amide bonds. The van der Waals surface area contributed by atoms with E-state index in [1.807, 2.05) is 0 Å². The van der Waals surface area contributed by atoms with Crippen molar-refractivity contribution in [2.45, 2.75) is 142 Å². The van der Waals surface area contributed by atoms with Gasteiger partial charge in [0.25, 0.3) is 0 Å². The van der Waals surface area contributed by atoms with Crippen molar-refractivity contribution in [1.82, 2.24) is 10.6 Å². The number of amides is 2. The fourth-order valence-corrected chi connectivity index (χ4v) is 4.48. The van der Waals surface area contributed by atoms with Crippen molar-refractivity contribution in [2.75, 3.05) is 40.3 Å². The first-order chi connectivity index (χ1) is 16.9. The number of unbranched alkanes of at least 4 members (excludes halogenated alkanes) is 16. The lowest BCUT2D eigenvalue weighted by Gasteiger charge is -2.30. The summed E-state index contributed by atoms with van der Waals surface area (Å²) in [6, 6.07) is 0. The highest BCUT2D eigenvalue weighted by molar-refractivity contribution is 5.76. The van der Waals surface area contributed by atoms with Gasteiger partial charge in [-0.25, -0.2) is 0 Å². The van der Waals surface area contributed by atoms with Gasteiger partial charge in [0.15, 0.2) is 0 Å². The van der Waals surface area contributed by atoms with Gasteiger partial charge in [-0.1, -0.05) is 117 Å². The molecule has 0 heterocycles. The van der Waals surface area contributed by atoms with E-state index in [4.69, 9.17) is 0 Å². The smallest absolute Gasteiger partial charge is 0.220 e. The topological polar surface area (TPSA) is 58.2 Å². The molecule has 0 spiro atoms. The van der Waals surface area contributed by atoms with Gasteiger partial charge in [0.1, 0.15) is 0 Å². The Labute approximate surface area is 219 Å². The monoisotopic (exact) mass is 496 g/mol. The van der Waals surface area contributed by atoms with Crippen LogP contribution in [0.4, 0.5) is 0 Å². The van der Waals surface area contributed by atoms with Crippen LogP contribution >= 0.6 is 0 Å². The average molecular weight is 497 g/mol. The average Bonchev–Trinajstić information content (AvgIpc) is 2.81. The number of hydrogen-bond acceptors (Lipinski definition) is 2. The van der Waals surface area contributed by atoms with Crippen LogP contribution in [0.25, 0.3) is 0 Å². The second-order valence-electron chi connectivity index (χ2n) is 11.2. The highest BCUT2D eigenvalue weighted by Gasteiger charge is 2.15. The van der Waals surface area contributed by atoms with Gasteiger partial charge >= 0.3 is 0 Å². The zero-order valence-corrected chi connectivity index (χ0v) is 24.2. The molecule has 208 valence electrons. The van der Waals surface area contributed by atoms with Crippen LogP contribution in [0.15, 0.2) is 0 Å². The summed E-state index contributed by atoms with van der Waals surface area (Å²) in [5, 5.41) is 6.16. The second-order valence-corrected chi connectivity index (χ2v) is 11.2. The minimum absolute atomic E-state index is 0.183. The van der Waals surface area contributed by atoms with Crippen molar-refractivity contribution in [2.24, 2.45) is 0 Å². The Kier molecular flexibility index (Phi) is 23.8. The van der Waals surface area contributed by atoms with Crippen molar-refractivity contribution < 1.29 is 14.1 Å². The minimum atomic E-state index is 0.183. The molecular weight excluding hydrogens is 434 g/mol. The zero-order valence-electron chi connectivity index (χ0n) is 24.2. The molecule has 5 nitrogen and oxygen atoms in total. The predicted octanol–water partition coefficient (Wildman–Crippen LogP) is 7.14. The Bertz CT molecular complexity index is 452. The Morgan fingerprint density at radius 2 is 0.771 bits per heavy atom. The highest BCUT2D eigenvalue weighted by atomic mass is 16.2. The SMILES string of the molecule is CCCCCCCCCCCC(=O)NCC[N+](C)(C)CCNC(=O)CCCCCCCCCCC. The number of carbonyl (C=O) groups excluding carboxylic acids is 2. The normalized spacial score (nSPS) is 11.5. The molecule has 0 aliphatic rings. The number of carbonyl (C=O) groups is 2. The van der Waals surface area contributed by atoms with Crippen molar-refractivity contribution in [3.05, 3.63) is 0 Å². The van der Waals surface area contributed by atoms with Gasteiger partial charge in [-0.15, -0.1) is 0 Å². The van der Waals surface area contributed by atoms with E-state index in [-0.39, 0.29) is 11.8 Å². The van der Waals surface area contributed by atoms with Crippen LogP contribution in [-0.2, 0) is 9.59 Å². The molecule has 35 heavy (non-hydrogen) atoms. The van der Waals surface area contributed by atoms with Crippen LogP contribution in [0.2, 0.25) is 0 Å². The molecule has 0 saturated heterocycles. The van der Waals surface area contributed by atoms with Crippen molar-refractivity contribution in [3.63, 3.8) is 0 Å². The molecule has 0 radical (unpaired) electrons. The molecule has 0 rings (SSSR count). The fourth-order valence-electron chi connectivity index (χ4n) is 4.48. The number of nitrogens with zero attached hydrogens (tertiary/aromatic N) is 1. The lowest BCUT2D eigenvalue weighted by Crippen LogP contribution is -2.49. The van der Waals surface area contributed by atoms with E-state index in [0.717, 1.165) is 30.4 Å². The molecule has 0 aromatic carbocycles. The lowest BCUT2D eigenvalue weighted by molar-refractivity contribution is -0.887. The first kappa shape index (κ1) is 33.9. The molecule has 0 saturated carbocycles. The molecule has 0 aromatic rings. The third-order valence-electron chi connectivity index (χ3n) is 7.09. The summed E-state index contributed by atoms with van der Waals surface area (Å²) in [6.45, 7) is 7.69. The summed E-state index contributed by atoms with van der Waals surface area (Å²) in [4.78, 5) is 24.2. The van der Waals surface area contributed by atoms with E-state index >= 15 is 0 Å². The first-order valence-corrected chi connectivity index (χ1v) is 15.3. The van der Waals surface area contributed by atoms with E-state index < -0.39 is 0 Å². The van der Waals surface area contributed by atoms with E-state index in [9.17, 15) is 9.59 Å². The van der Waals surface area contributed by atoms with E-state index in [1.165, 1.54) is 103 Å². The predicted molar refractivity (Wildman–Crippen MR) is 152 cm³/mol. The van der Waals surface area contributed by atoms with Crippen LogP contribution in [0.3, 0.4) is 0 Å². The van der Waals surface area contributed by atoms with Gasteiger partial charge in [0, 0.05) is 12.8 Å². The quantitative estimate of drug-likeness (QED) is 0.0987.